The van der Waals surface area contributed by atoms with E-state index in [9.17, 15) is 0 Å². The molecule has 2 rings (SSSR count). The molecule has 0 saturated carbocycles. The highest BCUT2D eigenvalue weighted by Crippen LogP contribution is 2.33. The van der Waals surface area contributed by atoms with Crippen molar-refractivity contribution < 1.29 is 0 Å². The third-order valence-electron chi connectivity index (χ3n) is 2.46. The van der Waals surface area contributed by atoms with E-state index in [4.69, 9.17) is 23.2 Å². The SMILES string of the molecule is CNC(c1ccsc1)c1cccc(Cl)c1Cl. The van der Waals surface area contributed by atoms with Crippen molar-refractivity contribution in [3.63, 3.8) is 0 Å². The second kappa shape index (κ2) is 5.19. The van der Waals surface area contributed by atoms with Gasteiger partial charge in [-0.15, -0.1) is 0 Å². The zero-order valence-corrected chi connectivity index (χ0v) is 11.0. The number of hydrogen-bond donors (Lipinski definition) is 1. The van der Waals surface area contributed by atoms with Crippen molar-refractivity contribution in [1.29, 1.82) is 0 Å². The van der Waals surface area contributed by atoms with Crippen LogP contribution in [0.5, 0.6) is 0 Å². The summed E-state index contributed by atoms with van der Waals surface area (Å²) in [5.74, 6) is 0. The van der Waals surface area contributed by atoms with E-state index in [-0.39, 0.29) is 6.04 Å². The maximum Gasteiger partial charge on any atom is 0.0643 e. The van der Waals surface area contributed by atoms with E-state index in [1.165, 1.54) is 5.56 Å². The lowest BCUT2D eigenvalue weighted by Crippen LogP contribution is -2.17. The average Bonchev–Trinajstić information content (AvgIpc) is 2.79. The summed E-state index contributed by atoms with van der Waals surface area (Å²) in [6.07, 6.45) is 0. The van der Waals surface area contributed by atoms with Crippen LogP contribution in [0.4, 0.5) is 0 Å². The molecule has 1 aromatic heterocycles. The van der Waals surface area contributed by atoms with Gasteiger partial charge in [-0.25, -0.2) is 0 Å². The van der Waals surface area contributed by atoms with Crippen LogP contribution < -0.4 is 5.32 Å². The van der Waals surface area contributed by atoms with Crippen LogP contribution in [-0.2, 0) is 0 Å². The number of rotatable bonds is 3. The Hall–Kier alpha value is -0.540. The molecule has 1 atom stereocenters. The fourth-order valence-corrected chi connectivity index (χ4v) is 2.79. The van der Waals surface area contributed by atoms with Gasteiger partial charge in [0.15, 0.2) is 0 Å². The first kappa shape index (κ1) is 11.9. The minimum absolute atomic E-state index is 0.0949. The zero-order valence-electron chi connectivity index (χ0n) is 8.71. The van der Waals surface area contributed by atoms with Gasteiger partial charge < -0.3 is 5.32 Å². The summed E-state index contributed by atoms with van der Waals surface area (Å²) in [6.45, 7) is 0. The number of nitrogens with one attached hydrogen (secondary N) is 1. The molecule has 2 aromatic rings. The summed E-state index contributed by atoms with van der Waals surface area (Å²) in [6, 6.07) is 7.89. The minimum Gasteiger partial charge on any atom is -0.309 e. The summed E-state index contributed by atoms with van der Waals surface area (Å²) < 4.78 is 0. The highest BCUT2D eigenvalue weighted by Gasteiger charge is 2.16. The van der Waals surface area contributed by atoms with E-state index in [2.05, 4.69) is 22.1 Å². The van der Waals surface area contributed by atoms with Crippen LogP contribution in [0.1, 0.15) is 17.2 Å². The van der Waals surface area contributed by atoms with Crippen LogP contribution in [0.15, 0.2) is 35.0 Å². The van der Waals surface area contributed by atoms with Crippen molar-refractivity contribution in [1.82, 2.24) is 5.32 Å². The molecule has 0 bridgehead atoms. The third-order valence-corrected chi connectivity index (χ3v) is 3.99. The van der Waals surface area contributed by atoms with Gasteiger partial charge in [-0.05, 0) is 41.1 Å². The maximum absolute atomic E-state index is 6.22. The van der Waals surface area contributed by atoms with Crippen molar-refractivity contribution in [2.45, 2.75) is 6.04 Å². The molecular weight excluding hydrogens is 261 g/mol. The number of benzene rings is 1. The maximum atomic E-state index is 6.22. The molecule has 0 aliphatic rings. The van der Waals surface area contributed by atoms with Crippen molar-refractivity contribution in [2.75, 3.05) is 7.05 Å². The molecule has 1 heterocycles. The predicted molar refractivity (Wildman–Crippen MR) is 71.7 cm³/mol. The highest BCUT2D eigenvalue weighted by molar-refractivity contribution is 7.08. The Morgan fingerprint density at radius 3 is 2.69 bits per heavy atom. The Kier molecular flexibility index (Phi) is 3.87. The topological polar surface area (TPSA) is 12.0 Å². The Labute approximate surface area is 109 Å². The number of halogens is 2. The molecule has 0 amide bonds. The van der Waals surface area contributed by atoms with E-state index >= 15 is 0 Å². The van der Waals surface area contributed by atoms with Gasteiger partial charge in [0, 0.05) is 0 Å². The Morgan fingerprint density at radius 2 is 2.06 bits per heavy atom. The smallest absolute Gasteiger partial charge is 0.0643 e. The molecular formula is C12H11Cl2NS. The lowest BCUT2D eigenvalue weighted by atomic mass is 10.0. The van der Waals surface area contributed by atoms with E-state index in [1.54, 1.807) is 17.4 Å². The van der Waals surface area contributed by atoms with Gasteiger partial charge in [0.05, 0.1) is 16.1 Å². The summed E-state index contributed by atoms with van der Waals surface area (Å²) >= 11 is 13.9. The zero-order chi connectivity index (χ0) is 11.5. The van der Waals surface area contributed by atoms with Gasteiger partial charge in [0.1, 0.15) is 0 Å². The van der Waals surface area contributed by atoms with Gasteiger partial charge in [-0.1, -0.05) is 35.3 Å². The first-order valence-electron chi connectivity index (χ1n) is 4.87. The number of hydrogen-bond acceptors (Lipinski definition) is 2. The van der Waals surface area contributed by atoms with Crippen molar-refractivity contribution in [2.24, 2.45) is 0 Å². The fraction of sp³-hybridized carbons (Fsp3) is 0.167. The van der Waals surface area contributed by atoms with Gasteiger partial charge >= 0.3 is 0 Å². The second-order valence-corrected chi connectivity index (χ2v) is 4.99. The van der Waals surface area contributed by atoms with Crippen LogP contribution in [-0.4, -0.2) is 7.05 Å². The summed E-state index contributed by atoms with van der Waals surface area (Å²) in [7, 11) is 1.92. The van der Waals surface area contributed by atoms with Gasteiger partial charge in [-0.3, -0.25) is 0 Å². The molecule has 1 N–H and O–H groups in total. The Morgan fingerprint density at radius 1 is 1.25 bits per heavy atom. The van der Waals surface area contributed by atoms with Crippen molar-refractivity contribution >= 4 is 34.5 Å². The van der Waals surface area contributed by atoms with Crippen molar-refractivity contribution in [3.05, 3.63) is 56.2 Å². The second-order valence-electron chi connectivity index (χ2n) is 3.42. The summed E-state index contributed by atoms with van der Waals surface area (Å²) in [5, 5.41) is 8.63. The van der Waals surface area contributed by atoms with Crippen molar-refractivity contribution in [3.8, 4) is 0 Å². The molecule has 84 valence electrons. The monoisotopic (exact) mass is 271 g/mol. The predicted octanol–water partition coefficient (Wildman–Crippen LogP) is 4.36. The lowest BCUT2D eigenvalue weighted by molar-refractivity contribution is 0.694. The molecule has 1 aromatic carbocycles. The molecule has 16 heavy (non-hydrogen) atoms. The quantitative estimate of drug-likeness (QED) is 0.875. The van der Waals surface area contributed by atoms with Gasteiger partial charge in [-0.2, -0.15) is 11.3 Å². The summed E-state index contributed by atoms with van der Waals surface area (Å²) in [5.41, 5.74) is 2.21. The average molecular weight is 272 g/mol. The molecule has 0 spiro atoms. The third kappa shape index (κ3) is 2.25. The Balaban J connectivity index is 2.45. The van der Waals surface area contributed by atoms with E-state index < -0.39 is 0 Å². The number of thiophene rings is 1. The van der Waals surface area contributed by atoms with E-state index in [1.807, 2.05) is 19.2 Å². The minimum atomic E-state index is 0.0949. The first-order chi connectivity index (χ1) is 7.74. The lowest BCUT2D eigenvalue weighted by Gasteiger charge is -2.17. The van der Waals surface area contributed by atoms with Crippen LogP contribution in [0, 0.1) is 0 Å². The first-order valence-corrected chi connectivity index (χ1v) is 6.57. The fourth-order valence-electron chi connectivity index (χ4n) is 1.68. The Bertz CT molecular complexity index is 468. The molecule has 1 nitrogen and oxygen atoms in total. The van der Waals surface area contributed by atoms with E-state index in [0.717, 1.165) is 5.56 Å². The van der Waals surface area contributed by atoms with Gasteiger partial charge in [0.2, 0.25) is 0 Å². The van der Waals surface area contributed by atoms with Crippen LogP contribution >= 0.6 is 34.5 Å². The van der Waals surface area contributed by atoms with Gasteiger partial charge in [0.25, 0.3) is 0 Å². The van der Waals surface area contributed by atoms with Crippen LogP contribution in [0.25, 0.3) is 0 Å². The molecule has 1 unspecified atom stereocenters. The molecule has 0 aliphatic carbocycles. The van der Waals surface area contributed by atoms with Crippen LogP contribution in [0.2, 0.25) is 10.0 Å². The standard InChI is InChI=1S/C12H11Cl2NS/c1-15-12(8-5-6-16-7-8)9-3-2-4-10(13)11(9)14/h2-7,12,15H,1H3. The van der Waals surface area contributed by atoms with E-state index in [0.29, 0.717) is 10.0 Å². The molecule has 0 saturated heterocycles. The molecule has 0 radical (unpaired) electrons. The normalized spacial score (nSPS) is 12.7. The largest absolute Gasteiger partial charge is 0.309 e. The molecule has 0 aliphatic heterocycles. The molecule has 0 fully saturated rings. The summed E-state index contributed by atoms with van der Waals surface area (Å²) in [4.78, 5) is 0. The highest BCUT2D eigenvalue weighted by atomic mass is 35.5. The van der Waals surface area contributed by atoms with Crippen LogP contribution in [0.3, 0.4) is 0 Å². The molecule has 4 heteroatoms.